The molecule has 5 heteroatoms. The summed E-state index contributed by atoms with van der Waals surface area (Å²) < 4.78 is 5.99. The minimum Gasteiger partial charge on any atom is -0.491 e. The lowest BCUT2D eigenvalue weighted by Crippen LogP contribution is -2.44. The predicted molar refractivity (Wildman–Crippen MR) is 100 cm³/mol. The molecule has 2 aliphatic heterocycles. The van der Waals surface area contributed by atoms with Gasteiger partial charge in [-0.05, 0) is 44.5 Å². The average molecular weight is 345 g/mol. The van der Waals surface area contributed by atoms with Crippen LogP contribution in [0.25, 0.3) is 0 Å². The molecule has 0 spiro atoms. The normalized spacial score (nSPS) is 19.6. The summed E-state index contributed by atoms with van der Waals surface area (Å²) in [5, 5.41) is 0. The van der Waals surface area contributed by atoms with E-state index in [-0.39, 0.29) is 5.91 Å². The van der Waals surface area contributed by atoms with Crippen LogP contribution < -0.4 is 4.74 Å². The summed E-state index contributed by atoms with van der Waals surface area (Å²) in [5.74, 6) is 1.25. The Balaban J connectivity index is 1.41. The van der Waals surface area contributed by atoms with Crippen molar-refractivity contribution in [3.8, 4) is 5.75 Å². The minimum absolute atomic E-state index is 0.268. The molecular formula is C20H31N3O2. The zero-order valence-corrected chi connectivity index (χ0v) is 15.5. The lowest BCUT2D eigenvalue weighted by Gasteiger charge is -2.32. The van der Waals surface area contributed by atoms with E-state index >= 15 is 0 Å². The van der Waals surface area contributed by atoms with Crippen LogP contribution >= 0.6 is 0 Å². The maximum atomic E-state index is 11.7. The summed E-state index contributed by atoms with van der Waals surface area (Å²) in [6, 6.07) is 8.33. The molecule has 1 aromatic rings. The molecule has 3 rings (SSSR count). The Morgan fingerprint density at radius 2 is 1.84 bits per heavy atom. The van der Waals surface area contributed by atoms with Crippen molar-refractivity contribution in [2.24, 2.45) is 0 Å². The Labute approximate surface area is 151 Å². The highest BCUT2D eigenvalue weighted by molar-refractivity contribution is 5.78. The van der Waals surface area contributed by atoms with Crippen LogP contribution in [0.4, 0.5) is 0 Å². The summed E-state index contributed by atoms with van der Waals surface area (Å²) in [6.45, 7) is 8.04. The van der Waals surface area contributed by atoms with Crippen LogP contribution in [-0.2, 0) is 11.2 Å². The van der Waals surface area contributed by atoms with Crippen molar-refractivity contribution in [3.63, 3.8) is 0 Å². The van der Waals surface area contributed by atoms with E-state index in [2.05, 4.69) is 35.0 Å². The average Bonchev–Trinajstić information content (AvgIpc) is 3.03. The highest BCUT2D eigenvalue weighted by atomic mass is 16.5. The maximum absolute atomic E-state index is 11.7. The molecule has 1 amide bonds. The van der Waals surface area contributed by atoms with Gasteiger partial charge in [-0.1, -0.05) is 18.2 Å². The van der Waals surface area contributed by atoms with E-state index in [9.17, 15) is 4.79 Å². The number of nitrogens with zero attached hydrogens (tertiary/aromatic N) is 3. The highest BCUT2D eigenvalue weighted by Gasteiger charge is 2.19. The Hall–Kier alpha value is -1.59. The molecule has 0 saturated carbocycles. The molecule has 138 valence electrons. The van der Waals surface area contributed by atoms with Crippen LogP contribution in [-0.4, -0.2) is 80.1 Å². The lowest BCUT2D eigenvalue weighted by atomic mass is 10.1. The maximum Gasteiger partial charge on any atom is 0.222 e. The molecule has 0 bridgehead atoms. The third kappa shape index (κ3) is 5.44. The van der Waals surface area contributed by atoms with Crippen LogP contribution in [0, 0.1) is 0 Å². The van der Waals surface area contributed by atoms with Gasteiger partial charge in [0, 0.05) is 39.1 Å². The molecule has 2 fully saturated rings. The van der Waals surface area contributed by atoms with Crippen LogP contribution in [0.3, 0.4) is 0 Å². The molecule has 25 heavy (non-hydrogen) atoms. The fraction of sp³-hybridized carbons (Fsp3) is 0.650. The number of likely N-dealkylation sites (N-methyl/N-ethyl adjacent to an activating group) is 1. The second kappa shape index (κ2) is 9.20. The number of aryl methyl sites for hydroxylation is 1. The first-order valence-electron chi connectivity index (χ1n) is 9.62. The number of carbonyl (C=O) groups excluding carboxylic acids is 1. The van der Waals surface area contributed by atoms with E-state index in [1.807, 2.05) is 11.0 Å². The van der Waals surface area contributed by atoms with Gasteiger partial charge in [-0.3, -0.25) is 4.79 Å². The predicted octanol–water partition coefficient (Wildman–Crippen LogP) is 1.87. The van der Waals surface area contributed by atoms with Crippen molar-refractivity contribution in [2.75, 3.05) is 59.5 Å². The van der Waals surface area contributed by atoms with Crippen LogP contribution in [0.2, 0.25) is 0 Å². The summed E-state index contributed by atoms with van der Waals surface area (Å²) >= 11 is 0. The standard InChI is InChI=1S/C20H31N3O2/c1-21-12-14-22(15-13-21)10-4-7-18-6-2-3-8-19(18)25-17-16-23-11-5-9-20(23)24/h2-3,6,8H,4-5,7,9-17H2,1H3. The quantitative estimate of drug-likeness (QED) is 0.721. The van der Waals surface area contributed by atoms with Crippen LogP contribution in [0.5, 0.6) is 5.75 Å². The van der Waals surface area contributed by atoms with Crippen molar-refractivity contribution in [3.05, 3.63) is 29.8 Å². The van der Waals surface area contributed by atoms with Crippen molar-refractivity contribution in [1.82, 2.24) is 14.7 Å². The number of hydrogen-bond acceptors (Lipinski definition) is 4. The largest absolute Gasteiger partial charge is 0.491 e. The Morgan fingerprint density at radius 1 is 1.04 bits per heavy atom. The monoisotopic (exact) mass is 345 g/mol. The number of rotatable bonds is 8. The second-order valence-electron chi connectivity index (χ2n) is 7.19. The summed E-state index contributed by atoms with van der Waals surface area (Å²) in [7, 11) is 2.20. The summed E-state index contributed by atoms with van der Waals surface area (Å²) in [6.07, 6.45) is 3.89. The van der Waals surface area contributed by atoms with Gasteiger partial charge < -0.3 is 19.4 Å². The van der Waals surface area contributed by atoms with Gasteiger partial charge in [0.1, 0.15) is 12.4 Å². The molecular weight excluding hydrogens is 314 g/mol. The van der Waals surface area contributed by atoms with Gasteiger partial charge in [-0.25, -0.2) is 0 Å². The van der Waals surface area contributed by atoms with E-state index in [0.717, 1.165) is 38.1 Å². The molecule has 0 radical (unpaired) electrons. The molecule has 0 aromatic heterocycles. The number of carbonyl (C=O) groups is 1. The smallest absolute Gasteiger partial charge is 0.222 e. The molecule has 2 aliphatic rings. The fourth-order valence-electron chi connectivity index (χ4n) is 3.62. The number of benzene rings is 1. The van der Waals surface area contributed by atoms with Crippen molar-refractivity contribution < 1.29 is 9.53 Å². The lowest BCUT2D eigenvalue weighted by molar-refractivity contribution is -0.128. The summed E-state index contributed by atoms with van der Waals surface area (Å²) in [4.78, 5) is 18.5. The third-order valence-electron chi connectivity index (χ3n) is 5.28. The summed E-state index contributed by atoms with van der Waals surface area (Å²) in [5.41, 5.74) is 1.28. The van der Waals surface area contributed by atoms with Crippen LogP contribution in [0.1, 0.15) is 24.8 Å². The first-order valence-corrected chi connectivity index (χ1v) is 9.62. The number of para-hydroxylation sites is 1. The third-order valence-corrected chi connectivity index (χ3v) is 5.28. The van der Waals surface area contributed by atoms with E-state index in [4.69, 9.17) is 4.74 Å². The number of amides is 1. The molecule has 0 N–H and O–H groups in total. The molecule has 2 saturated heterocycles. The first-order chi connectivity index (χ1) is 12.2. The van der Waals surface area contributed by atoms with Gasteiger partial charge in [0.2, 0.25) is 5.91 Å². The Bertz CT molecular complexity index is 556. The molecule has 0 atom stereocenters. The van der Waals surface area contributed by atoms with Crippen molar-refractivity contribution >= 4 is 5.91 Å². The van der Waals surface area contributed by atoms with Gasteiger partial charge in [0.05, 0.1) is 6.54 Å². The van der Waals surface area contributed by atoms with E-state index < -0.39 is 0 Å². The Morgan fingerprint density at radius 3 is 2.60 bits per heavy atom. The topological polar surface area (TPSA) is 36.0 Å². The van der Waals surface area contributed by atoms with Gasteiger partial charge >= 0.3 is 0 Å². The zero-order valence-electron chi connectivity index (χ0n) is 15.5. The number of piperazine rings is 1. The molecule has 2 heterocycles. The highest BCUT2D eigenvalue weighted by Crippen LogP contribution is 2.20. The Kier molecular flexibility index (Phi) is 6.70. The number of likely N-dealkylation sites (tertiary alicyclic amines) is 1. The van der Waals surface area contributed by atoms with E-state index in [1.54, 1.807) is 0 Å². The molecule has 1 aromatic carbocycles. The first kappa shape index (κ1) is 18.2. The van der Waals surface area contributed by atoms with Crippen molar-refractivity contribution in [2.45, 2.75) is 25.7 Å². The number of hydrogen-bond donors (Lipinski definition) is 0. The zero-order chi connectivity index (χ0) is 17.5. The van der Waals surface area contributed by atoms with Gasteiger partial charge in [-0.2, -0.15) is 0 Å². The van der Waals surface area contributed by atoms with Gasteiger partial charge in [0.25, 0.3) is 0 Å². The fourth-order valence-corrected chi connectivity index (χ4v) is 3.62. The van der Waals surface area contributed by atoms with Crippen molar-refractivity contribution in [1.29, 1.82) is 0 Å². The van der Waals surface area contributed by atoms with E-state index in [1.165, 1.54) is 31.7 Å². The van der Waals surface area contributed by atoms with Gasteiger partial charge in [-0.15, -0.1) is 0 Å². The van der Waals surface area contributed by atoms with Crippen LogP contribution in [0.15, 0.2) is 24.3 Å². The van der Waals surface area contributed by atoms with Gasteiger partial charge in [0.15, 0.2) is 0 Å². The second-order valence-corrected chi connectivity index (χ2v) is 7.19. The minimum atomic E-state index is 0.268. The molecule has 5 nitrogen and oxygen atoms in total. The van der Waals surface area contributed by atoms with E-state index in [0.29, 0.717) is 19.6 Å². The molecule has 0 aliphatic carbocycles. The SMILES string of the molecule is CN1CCN(CCCc2ccccc2OCCN2CCCC2=O)CC1. The number of ether oxygens (including phenoxy) is 1. The molecule has 0 unspecified atom stereocenters.